The van der Waals surface area contributed by atoms with Crippen molar-refractivity contribution in [2.45, 2.75) is 18.4 Å². The van der Waals surface area contributed by atoms with Gasteiger partial charge in [0, 0.05) is 24.7 Å². The lowest BCUT2D eigenvalue weighted by Crippen LogP contribution is -2.26. The Bertz CT molecular complexity index is 1550. The van der Waals surface area contributed by atoms with Gasteiger partial charge in [0.25, 0.3) is 0 Å². The Labute approximate surface area is 200 Å². The highest BCUT2D eigenvalue weighted by molar-refractivity contribution is 7.89. The Kier molecular flexibility index (Phi) is 6.22. The van der Waals surface area contributed by atoms with Gasteiger partial charge in [-0.3, -0.25) is 0 Å². The van der Waals surface area contributed by atoms with Crippen LogP contribution in [0.25, 0.3) is 17.1 Å². The average molecular weight is 501 g/mol. The van der Waals surface area contributed by atoms with Crippen molar-refractivity contribution in [3.8, 4) is 28.6 Å². The first kappa shape index (κ1) is 23.6. The van der Waals surface area contributed by atoms with Gasteiger partial charge in [0.2, 0.25) is 10.0 Å². The minimum absolute atomic E-state index is 0.0120. The van der Waals surface area contributed by atoms with Crippen molar-refractivity contribution >= 4 is 21.6 Å². The van der Waals surface area contributed by atoms with Crippen LogP contribution in [0.2, 0.25) is 5.02 Å². The van der Waals surface area contributed by atoms with Crippen LogP contribution in [-0.2, 0) is 16.6 Å². The van der Waals surface area contributed by atoms with Gasteiger partial charge in [-0.05, 0) is 36.2 Å². The molecule has 0 spiro atoms. The van der Waals surface area contributed by atoms with Gasteiger partial charge in [-0.15, -0.1) is 0 Å². The van der Waals surface area contributed by atoms with Gasteiger partial charge in [-0.25, -0.2) is 22.9 Å². The van der Waals surface area contributed by atoms with E-state index >= 15 is 0 Å². The van der Waals surface area contributed by atoms with Crippen molar-refractivity contribution in [1.82, 2.24) is 19.1 Å². The summed E-state index contributed by atoms with van der Waals surface area (Å²) >= 11 is 6.16. The highest BCUT2D eigenvalue weighted by Gasteiger charge is 2.28. The molecule has 0 unspecified atom stereocenters. The number of sulfonamides is 1. The van der Waals surface area contributed by atoms with Crippen molar-refractivity contribution < 1.29 is 18.6 Å². The Hall–Kier alpha value is -3.60. The quantitative estimate of drug-likeness (QED) is 0.372. The lowest BCUT2D eigenvalue weighted by molar-refractivity contribution is 0.430. The molecule has 0 aliphatic heterocycles. The van der Waals surface area contributed by atoms with E-state index in [4.69, 9.17) is 11.6 Å². The number of nitrogens with one attached hydrogen (secondary N) is 1. The monoisotopic (exact) mass is 500 g/mol. The largest absolute Gasteiger partial charge is 0.507 e. The van der Waals surface area contributed by atoms with Crippen LogP contribution in [0.1, 0.15) is 11.1 Å². The maximum absolute atomic E-state index is 13.3. The van der Waals surface area contributed by atoms with Crippen LogP contribution in [0.15, 0.2) is 70.4 Å². The maximum Gasteiger partial charge on any atom is 0.348 e. The molecule has 11 heteroatoms. The fourth-order valence-electron chi connectivity index (χ4n) is 3.58. The first-order chi connectivity index (χ1) is 16.1. The van der Waals surface area contributed by atoms with Crippen LogP contribution < -0.4 is 5.69 Å². The third-order valence-corrected chi connectivity index (χ3v) is 7.59. The number of nitrogens with zero attached hydrogens (tertiary/aromatic N) is 3. The minimum atomic E-state index is -4.22. The molecule has 34 heavy (non-hydrogen) atoms. The van der Waals surface area contributed by atoms with Crippen LogP contribution in [0.4, 0.5) is 0 Å². The van der Waals surface area contributed by atoms with Crippen molar-refractivity contribution in [1.29, 1.82) is 0 Å². The van der Waals surface area contributed by atoms with E-state index in [0.29, 0.717) is 16.3 Å². The van der Waals surface area contributed by atoms with Crippen molar-refractivity contribution in [3.05, 3.63) is 87.3 Å². The van der Waals surface area contributed by atoms with Crippen LogP contribution >= 0.6 is 11.6 Å². The molecule has 0 amide bonds. The number of aryl methyl sites for hydroxylation is 1. The molecule has 0 fully saturated rings. The molecular weight excluding hydrogens is 480 g/mol. The minimum Gasteiger partial charge on any atom is -0.507 e. The maximum atomic E-state index is 13.3. The van der Waals surface area contributed by atoms with Crippen molar-refractivity contribution in [3.63, 3.8) is 0 Å². The summed E-state index contributed by atoms with van der Waals surface area (Å²) in [5, 5.41) is 27.7. The number of para-hydroxylation sites is 1. The highest BCUT2D eigenvalue weighted by Crippen LogP contribution is 2.38. The molecule has 4 rings (SSSR count). The summed E-state index contributed by atoms with van der Waals surface area (Å²) in [6, 6.07) is 15.9. The average Bonchev–Trinajstić information content (AvgIpc) is 3.16. The molecule has 176 valence electrons. The molecule has 1 heterocycles. The molecule has 1 aromatic heterocycles. The molecule has 3 N–H and O–H groups in total. The van der Waals surface area contributed by atoms with Gasteiger partial charge in [0.05, 0.1) is 11.3 Å². The van der Waals surface area contributed by atoms with Crippen LogP contribution in [0.3, 0.4) is 0 Å². The smallest absolute Gasteiger partial charge is 0.348 e. The fraction of sp³-hybridized carbons (Fsp3) is 0.130. The predicted molar refractivity (Wildman–Crippen MR) is 128 cm³/mol. The third-order valence-electron chi connectivity index (χ3n) is 5.39. The summed E-state index contributed by atoms with van der Waals surface area (Å²) < 4.78 is 28.9. The number of rotatable bonds is 6. The number of aromatic amines is 1. The standard InChI is InChI=1S/C23H21ClN4O5S/c1-14-7-3-6-10-18(14)28-22(25-26-23(28)31)16-11-21(20(30)12-19(16)29)34(32,33)27(2)13-15-8-4-5-9-17(15)24/h3-12,29-30H,13H2,1-2H3,(H,26,31). The number of halogens is 1. The third kappa shape index (κ3) is 4.18. The Morgan fingerprint density at radius 3 is 2.44 bits per heavy atom. The molecular formula is C23H21ClN4O5S. The Morgan fingerprint density at radius 2 is 1.74 bits per heavy atom. The number of aromatic hydroxyl groups is 2. The fourth-order valence-corrected chi connectivity index (χ4v) is 5.01. The van der Waals surface area contributed by atoms with Gasteiger partial charge >= 0.3 is 5.69 Å². The lowest BCUT2D eigenvalue weighted by Gasteiger charge is -2.19. The number of benzene rings is 3. The molecule has 3 aromatic carbocycles. The number of aromatic nitrogens is 3. The van der Waals surface area contributed by atoms with E-state index in [0.717, 1.165) is 22.0 Å². The molecule has 0 atom stereocenters. The van der Waals surface area contributed by atoms with Crippen molar-refractivity contribution in [2.75, 3.05) is 7.05 Å². The predicted octanol–water partition coefficient (Wildman–Crippen LogP) is 3.42. The van der Waals surface area contributed by atoms with Gasteiger partial charge in [-0.2, -0.15) is 9.40 Å². The number of hydrogen-bond acceptors (Lipinski definition) is 6. The summed E-state index contributed by atoms with van der Waals surface area (Å²) in [5.41, 5.74) is 1.22. The summed E-state index contributed by atoms with van der Waals surface area (Å²) in [5.74, 6) is -1.10. The van der Waals surface area contributed by atoms with Gasteiger partial charge < -0.3 is 10.2 Å². The first-order valence-electron chi connectivity index (χ1n) is 10.1. The zero-order chi connectivity index (χ0) is 24.6. The van der Waals surface area contributed by atoms with E-state index in [9.17, 15) is 23.4 Å². The zero-order valence-electron chi connectivity index (χ0n) is 18.2. The Morgan fingerprint density at radius 1 is 1.06 bits per heavy atom. The number of phenols is 2. The number of phenolic OH excluding ortho intramolecular Hbond substituents is 2. The Balaban J connectivity index is 1.83. The van der Waals surface area contributed by atoms with Crippen LogP contribution in [0, 0.1) is 6.92 Å². The second-order valence-electron chi connectivity index (χ2n) is 7.66. The SMILES string of the molecule is Cc1ccccc1-n1c(-c2cc(S(=O)(=O)N(C)Cc3ccccc3Cl)c(O)cc2O)n[nH]c1=O. The second kappa shape index (κ2) is 8.98. The van der Waals surface area contributed by atoms with E-state index in [1.807, 2.05) is 0 Å². The van der Waals surface area contributed by atoms with Crippen molar-refractivity contribution in [2.24, 2.45) is 0 Å². The zero-order valence-corrected chi connectivity index (χ0v) is 19.8. The summed E-state index contributed by atoms with van der Waals surface area (Å²) in [7, 11) is -2.87. The summed E-state index contributed by atoms with van der Waals surface area (Å²) in [6.45, 7) is 1.75. The molecule has 0 saturated heterocycles. The van der Waals surface area contributed by atoms with E-state index < -0.39 is 32.1 Å². The summed E-state index contributed by atoms with van der Waals surface area (Å²) in [6.07, 6.45) is 0. The normalized spacial score (nSPS) is 11.8. The van der Waals surface area contributed by atoms with Crippen LogP contribution in [-0.4, -0.2) is 44.7 Å². The molecule has 9 nitrogen and oxygen atoms in total. The lowest BCUT2D eigenvalue weighted by atomic mass is 10.1. The molecule has 0 bridgehead atoms. The van der Waals surface area contributed by atoms with Gasteiger partial charge in [0.15, 0.2) is 5.82 Å². The highest BCUT2D eigenvalue weighted by atomic mass is 35.5. The first-order valence-corrected chi connectivity index (χ1v) is 11.9. The number of H-pyrrole nitrogens is 1. The van der Waals surface area contributed by atoms with Crippen LogP contribution in [0.5, 0.6) is 11.5 Å². The second-order valence-corrected chi connectivity index (χ2v) is 10.1. The van der Waals surface area contributed by atoms with E-state index in [1.165, 1.54) is 11.6 Å². The molecule has 0 saturated carbocycles. The molecule has 0 aliphatic carbocycles. The summed E-state index contributed by atoms with van der Waals surface area (Å²) in [4.78, 5) is 12.1. The van der Waals surface area contributed by atoms with E-state index in [2.05, 4.69) is 10.2 Å². The van der Waals surface area contributed by atoms with Gasteiger partial charge in [0.1, 0.15) is 16.4 Å². The molecule has 0 aliphatic rings. The van der Waals surface area contributed by atoms with E-state index in [1.54, 1.807) is 55.5 Å². The van der Waals surface area contributed by atoms with Gasteiger partial charge in [-0.1, -0.05) is 48.0 Å². The van der Waals surface area contributed by atoms with E-state index in [-0.39, 0.29) is 17.9 Å². The number of hydrogen-bond donors (Lipinski definition) is 3. The molecule has 0 radical (unpaired) electrons. The topological polar surface area (TPSA) is 129 Å². The molecule has 4 aromatic rings.